The zero-order chi connectivity index (χ0) is 15.0. The molecule has 2 rings (SSSR count). The van der Waals surface area contributed by atoms with Gasteiger partial charge in [0.1, 0.15) is 0 Å². The van der Waals surface area contributed by atoms with Gasteiger partial charge in [-0.25, -0.2) is 13.1 Å². The molecule has 0 atom stereocenters. The van der Waals surface area contributed by atoms with E-state index in [1.165, 1.54) is 10.7 Å². The Kier molecular flexibility index (Phi) is 3.90. The van der Waals surface area contributed by atoms with Crippen LogP contribution in [-0.4, -0.2) is 34.7 Å². The van der Waals surface area contributed by atoms with E-state index in [4.69, 9.17) is 0 Å². The summed E-state index contributed by atoms with van der Waals surface area (Å²) in [5.41, 5.74) is 0.423. The second-order valence-electron chi connectivity index (χ2n) is 6.16. The molecular weight excluding hydrogens is 278 g/mol. The minimum atomic E-state index is -3.25. The number of hydrogen-bond acceptors (Lipinski definition) is 5. The lowest BCUT2D eigenvalue weighted by molar-refractivity contribution is 0.543. The fourth-order valence-corrected chi connectivity index (χ4v) is 2.68. The first kappa shape index (κ1) is 15.0. The molecule has 1 saturated carbocycles. The Labute approximate surface area is 119 Å². The Morgan fingerprint density at radius 1 is 1.40 bits per heavy atom. The SMILES string of the molecule is CC(C)(C)S(=O)(=O)CCn1ncc(NC2CC2)cc1=O. The molecule has 1 aliphatic carbocycles. The zero-order valence-electron chi connectivity index (χ0n) is 12.1. The summed E-state index contributed by atoms with van der Waals surface area (Å²) in [7, 11) is -3.25. The molecule has 1 aliphatic rings. The van der Waals surface area contributed by atoms with E-state index in [9.17, 15) is 13.2 Å². The molecule has 0 bridgehead atoms. The molecule has 112 valence electrons. The smallest absolute Gasteiger partial charge is 0.268 e. The molecular formula is C13H21N3O3S. The predicted molar refractivity (Wildman–Crippen MR) is 78.7 cm³/mol. The van der Waals surface area contributed by atoms with E-state index in [2.05, 4.69) is 10.4 Å². The number of nitrogens with zero attached hydrogens (tertiary/aromatic N) is 2. The van der Waals surface area contributed by atoms with Crippen molar-refractivity contribution in [1.29, 1.82) is 0 Å². The second kappa shape index (κ2) is 5.20. The van der Waals surface area contributed by atoms with Gasteiger partial charge < -0.3 is 5.32 Å². The number of rotatable bonds is 5. The first-order valence-corrected chi connectivity index (χ1v) is 8.40. The maximum Gasteiger partial charge on any atom is 0.268 e. The molecule has 1 aromatic heterocycles. The van der Waals surface area contributed by atoms with Gasteiger partial charge in [0.05, 0.1) is 28.9 Å². The summed E-state index contributed by atoms with van der Waals surface area (Å²) in [5, 5.41) is 7.21. The third-order valence-electron chi connectivity index (χ3n) is 3.32. The van der Waals surface area contributed by atoms with Crippen LogP contribution in [0.2, 0.25) is 0 Å². The number of anilines is 1. The van der Waals surface area contributed by atoms with Crippen LogP contribution in [0.25, 0.3) is 0 Å². The maximum absolute atomic E-state index is 12.0. The fourth-order valence-electron chi connectivity index (χ4n) is 1.66. The summed E-state index contributed by atoms with van der Waals surface area (Å²) < 4.78 is 24.4. The van der Waals surface area contributed by atoms with Crippen molar-refractivity contribution in [3.05, 3.63) is 22.6 Å². The highest BCUT2D eigenvalue weighted by molar-refractivity contribution is 7.92. The van der Waals surface area contributed by atoms with Gasteiger partial charge in [0.25, 0.3) is 5.56 Å². The lowest BCUT2D eigenvalue weighted by atomic mass is 10.3. The summed E-state index contributed by atoms with van der Waals surface area (Å²) in [6.07, 6.45) is 3.81. The molecule has 1 aromatic rings. The van der Waals surface area contributed by atoms with Crippen LogP contribution in [0.4, 0.5) is 5.69 Å². The molecule has 0 unspecified atom stereocenters. The van der Waals surface area contributed by atoms with Crippen LogP contribution in [0.15, 0.2) is 17.1 Å². The Hall–Kier alpha value is -1.37. The van der Waals surface area contributed by atoms with E-state index < -0.39 is 14.6 Å². The van der Waals surface area contributed by atoms with Gasteiger partial charge in [-0.1, -0.05) is 0 Å². The molecule has 1 heterocycles. The van der Waals surface area contributed by atoms with E-state index in [1.54, 1.807) is 27.0 Å². The van der Waals surface area contributed by atoms with E-state index >= 15 is 0 Å². The van der Waals surface area contributed by atoms with Gasteiger partial charge in [0.15, 0.2) is 9.84 Å². The van der Waals surface area contributed by atoms with Crippen molar-refractivity contribution in [3.8, 4) is 0 Å². The first-order chi connectivity index (χ1) is 9.19. The summed E-state index contributed by atoms with van der Waals surface area (Å²) in [6.45, 7) is 5.05. The number of sulfone groups is 1. The Bertz CT molecular complexity index is 640. The lowest BCUT2D eigenvalue weighted by Crippen LogP contribution is -2.34. The van der Waals surface area contributed by atoms with Crippen LogP contribution in [0.5, 0.6) is 0 Å². The monoisotopic (exact) mass is 299 g/mol. The lowest BCUT2D eigenvalue weighted by Gasteiger charge is -2.19. The van der Waals surface area contributed by atoms with E-state index in [0.29, 0.717) is 11.7 Å². The number of nitrogens with one attached hydrogen (secondary N) is 1. The van der Waals surface area contributed by atoms with Crippen LogP contribution < -0.4 is 10.9 Å². The fraction of sp³-hybridized carbons (Fsp3) is 0.692. The first-order valence-electron chi connectivity index (χ1n) is 6.75. The molecule has 1 N–H and O–H groups in total. The summed E-state index contributed by atoms with van der Waals surface area (Å²) in [4.78, 5) is 11.9. The van der Waals surface area contributed by atoms with Crippen LogP contribution in [-0.2, 0) is 16.4 Å². The molecule has 0 aromatic carbocycles. The molecule has 1 fully saturated rings. The highest BCUT2D eigenvalue weighted by Crippen LogP contribution is 2.23. The molecule has 0 amide bonds. The molecule has 7 heteroatoms. The molecule has 0 radical (unpaired) electrons. The topological polar surface area (TPSA) is 81.1 Å². The van der Waals surface area contributed by atoms with Crippen LogP contribution in [0.1, 0.15) is 33.6 Å². The summed E-state index contributed by atoms with van der Waals surface area (Å²) in [6, 6.07) is 1.92. The third-order valence-corrected chi connectivity index (χ3v) is 5.91. The predicted octanol–water partition coefficient (Wildman–Crippen LogP) is 1.03. The van der Waals surface area contributed by atoms with Crippen molar-refractivity contribution < 1.29 is 8.42 Å². The van der Waals surface area contributed by atoms with E-state index in [1.807, 2.05) is 0 Å². The van der Waals surface area contributed by atoms with Crippen LogP contribution in [0.3, 0.4) is 0 Å². The van der Waals surface area contributed by atoms with E-state index in [0.717, 1.165) is 12.8 Å². The second-order valence-corrected chi connectivity index (χ2v) is 9.02. The molecule has 6 nitrogen and oxygen atoms in total. The van der Waals surface area contributed by atoms with Crippen molar-refractivity contribution >= 4 is 15.5 Å². The summed E-state index contributed by atoms with van der Waals surface area (Å²) >= 11 is 0. The van der Waals surface area contributed by atoms with Gasteiger partial charge >= 0.3 is 0 Å². The minimum absolute atomic E-state index is 0.0845. The van der Waals surface area contributed by atoms with Crippen LogP contribution >= 0.6 is 0 Å². The van der Waals surface area contributed by atoms with Gasteiger partial charge in [-0.3, -0.25) is 4.79 Å². The largest absolute Gasteiger partial charge is 0.381 e. The van der Waals surface area contributed by atoms with Crippen molar-refractivity contribution in [1.82, 2.24) is 9.78 Å². The third kappa shape index (κ3) is 3.59. The average molecular weight is 299 g/mol. The quantitative estimate of drug-likeness (QED) is 0.878. The Morgan fingerprint density at radius 2 is 2.05 bits per heavy atom. The van der Waals surface area contributed by atoms with Gasteiger partial charge in [0, 0.05) is 12.1 Å². The van der Waals surface area contributed by atoms with Gasteiger partial charge in [-0.05, 0) is 33.6 Å². The molecule has 0 saturated heterocycles. The standard InChI is InChI=1S/C13H21N3O3S/c1-13(2,3)20(18,19)7-6-16-12(17)8-11(9-14-16)15-10-4-5-10/h8-10,15H,4-7H2,1-3H3. The van der Waals surface area contributed by atoms with Gasteiger partial charge in [-0.2, -0.15) is 5.10 Å². The highest BCUT2D eigenvalue weighted by atomic mass is 32.2. The highest BCUT2D eigenvalue weighted by Gasteiger charge is 2.28. The van der Waals surface area contributed by atoms with Gasteiger partial charge in [0.2, 0.25) is 0 Å². The zero-order valence-corrected chi connectivity index (χ0v) is 12.9. The molecule has 20 heavy (non-hydrogen) atoms. The Morgan fingerprint density at radius 3 is 2.55 bits per heavy atom. The summed E-state index contributed by atoms with van der Waals surface area (Å²) in [5.74, 6) is -0.0845. The van der Waals surface area contributed by atoms with Gasteiger partial charge in [-0.15, -0.1) is 0 Å². The number of aromatic nitrogens is 2. The molecule has 0 aliphatic heterocycles. The van der Waals surface area contributed by atoms with Crippen molar-refractivity contribution in [2.24, 2.45) is 0 Å². The normalized spacial score (nSPS) is 16.1. The minimum Gasteiger partial charge on any atom is -0.381 e. The number of aryl methyl sites for hydroxylation is 1. The van der Waals surface area contributed by atoms with Crippen molar-refractivity contribution in [3.63, 3.8) is 0 Å². The van der Waals surface area contributed by atoms with Crippen molar-refractivity contribution in [2.45, 2.75) is 50.9 Å². The van der Waals surface area contributed by atoms with E-state index in [-0.39, 0.29) is 17.9 Å². The van der Waals surface area contributed by atoms with Crippen LogP contribution in [0, 0.1) is 0 Å². The van der Waals surface area contributed by atoms with Crippen molar-refractivity contribution in [2.75, 3.05) is 11.1 Å². The molecule has 0 spiro atoms. The Balaban J connectivity index is 2.05. The average Bonchev–Trinajstić information content (AvgIpc) is 3.10. The number of hydrogen-bond donors (Lipinski definition) is 1. The maximum atomic E-state index is 12.0.